The molecule has 1 aromatic heterocycles. The van der Waals surface area contributed by atoms with Crippen molar-refractivity contribution in [2.75, 3.05) is 5.88 Å². The molecule has 0 fully saturated rings. The summed E-state index contributed by atoms with van der Waals surface area (Å²) < 4.78 is 1.11. The van der Waals surface area contributed by atoms with Gasteiger partial charge in [-0.05, 0) is 43.4 Å². The number of hydrogen-bond donors (Lipinski definition) is 0. The van der Waals surface area contributed by atoms with Crippen LogP contribution in [0.2, 0.25) is 0 Å². The van der Waals surface area contributed by atoms with Gasteiger partial charge in [-0.1, -0.05) is 28.1 Å². The van der Waals surface area contributed by atoms with Crippen molar-refractivity contribution in [2.45, 2.75) is 25.7 Å². The smallest absolute Gasteiger partial charge is 0.0797 e. The van der Waals surface area contributed by atoms with Crippen LogP contribution in [-0.4, -0.2) is 10.9 Å². The summed E-state index contributed by atoms with van der Waals surface area (Å²) in [6.07, 6.45) is 2.14. The van der Waals surface area contributed by atoms with E-state index < -0.39 is 0 Å². The predicted molar refractivity (Wildman–Crippen MR) is 82.8 cm³/mol. The van der Waals surface area contributed by atoms with Crippen LogP contribution in [0, 0.1) is 6.92 Å². The first kappa shape index (κ1) is 14.0. The van der Waals surface area contributed by atoms with Crippen LogP contribution in [0.5, 0.6) is 0 Å². The van der Waals surface area contributed by atoms with Gasteiger partial charge in [0.05, 0.1) is 11.2 Å². The van der Waals surface area contributed by atoms with Gasteiger partial charge in [0.25, 0.3) is 0 Å². The van der Waals surface area contributed by atoms with Gasteiger partial charge in [0.15, 0.2) is 0 Å². The minimum absolute atomic E-state index is 0.418. The molecule has 2 rings (SSSR count). The lowest BCUT2D eigenvalue weighted by Gasteiger charge is -2.14. The average molecular weight is 345 g/mol. The molecule has 0 saturated heterocycles. The van der Waals surface area contributed by atoms with Gasteiger partial charge in [0, 0.05) is 15.2 Å². The third-order valence-electron chi connectivity index (χ3n) is 3.09. The summed E-state index contributed by atoms with van der Waals surface area (Å²) in [6.45, 7) is 2.07. The molecule has 1 heterocycles. The van der Waals surface area contributed by atoms with Crippen molar-refractivity contribution in [1.29, 1.82) is 0 Å². The van der Waals surface area contributed by atoms with Crippen LogP contribution in [-0.2, 0) is 6.42 Å². The molecule has 1 unspecified atom stereocenters. The SMILES string of the molecule is Cc1ncsc1CCC(CCl)c1ccc(Br)cc1. The highest BCUT2D eigenvalue weighted by Gasteiger charge is 2.12. The Hall–Kier alpha value is -0.380. The first-order valence-corrected chi connectivity index (χ1v) is 8.12. The number of aryl methyl sites for hydroxylation is 2. The van der Waals surface area contributed by atoms with Crippen molar-refractivity contribution in [2.24, 2.45) is 0 Å². The maximum absolute atomic E-state index is 6.10. The van der Waals surface area contributed by atoms with Gasteiger partial charge in [0.2, 0.25) is 0 Å². The Bertz CT molecular complexity index is 495. The van der Waals surface area contributed by atoms with Crippen LogP contribution < -0.4 is 0 Å². The highest BCUT2D eigenvalue weighted by Crippen LogP contribution is 2.26. The van der Waals surface area contributed by atoms with Crippen molar-refractivity contribution >= 4 is 38.9 Å². The molecule has 2 aromatic rings. The van der Waals surface area contributed by atoms with E-state index in [-0.39, 0.29) is 0 Å². The molecule has 1 atom stereocenters. The number of benzene rings is 1. The Morgan fingerprint density at radius 2 is 2.06 bits per heavy atom. The number of rotatable bonds is 5. The van der Waals surface area contributed by atoms with Gasteiger partial charge < -0.3 is 0 Å². The van der Waals surface area contributed by atoms with E-state index >= 15 is 0 Å². The van der Waals surface area contributed by atoms with E-state index in [2.05, 4.69) is 52.1 Å². The summed E-state index contributed by atoms with van der Waals surface area (Å²) in [4.78, 5) is 5.66. The minimum atomic E-state index is 0.418. The third-order valence-corrected chi connectivity index (χ3v) is 4.99. The summed E-state index contributed by atoms with van der Waals surface area (Å²) >= 11 is 11.3. The monoisotopic (exact) mass is 343 g/mol. The molecule has 0 aliphatic heterocycles. The molecule has 96 valence electrons. The molecule has 0 N–H and O–H groups in total. The van der Waals surface area contributed by atoms with Gasteiger partial charge in [-0.15, -0.1) is 22.9 Å². The van der Waals surface area contributed by atoms with Gasteiger partial charge in [-0.2, -0.15) is 0 Å². The van der Waals surface area contributed by atoms with Crippen LogP contribution >= 0.6 is 38.9 Å². The van der Waals surface area contributed by atoms with Crippen LogP contribution in [0.3, 0.4) is 0 Å². The highest BCUT2D eigenvalue weighted by molar-refractivity contribution is 9.10. The zero-order valence-electron chi connectivity index (χ0n) is 10.2. The number of alkyl halides is 1. The Kier molecular flexibility index (Phi) is 5.22. The van der Waals surface area contributed by atoms with E-state index in [4.69, 9.17) is 11.6 Å². The van der Waals surface area contributed by atoms with Crippen molar-refractivity contribution < 1.29 is 0 Å². The lowest BCUT2D eigenvalue weighted by molar-refractivity contribution is 0.687. The third kappa shape index (κ3) is 3.56. The van der Waals surface area contributed by atoms with E-state index in [1.54, 1.807) is 11.3 Å². The predicted octanol–water partition coefficient (Wildman–Crippen LogP) is 5.17. The minimum Gasteiger partial charge on any atom is -0.250 e. The molecule has 1 nitrogen and oxygen atoms in total. The summed E-state index contributed by atoms with van der Waals surface area (Å²) in [7, 11) is 0. The lowest BCUT2D eigenvalue weighted by atomic mass is 9.95. The number of thiazole rings is 1. The summed E-state index contributed by atoms with van der Waals surface area (Å²) in [5.74, 6) is 1.08. The molecule has 18 heavy (non-hydrogen) atoms. The molecule has 0 radical (unpaired) electrons. The first-order chi connectivity index (χ1) is 8.70. The van der Waals surface area contributed by atoms with Crippen molar-refractivity contribution in [3.05, 3.63) is 50.4 Å². The summed E-state index contributed by atoms with van der Waals surface area (Å²) in [5, 5.41) is 0. The molecule has 0 saturated carbocycles. The number of halogens is 2. The lowest BCUT2D eigenvalue weighted by Crippen LogP contribution is -2.02. The summed E-state index contributed by atoms with van der Waals surface area (Å²) in [5.41, 5.74) is 4.39. The fourth-order valence-corrected chi connectivity index (χ4v) is 3.33. The van der Waals surface area contributed by atoms with Gasteiger partial charge in [-0.25, -0.2) is 4.98 Å². The standard InChI is InChI=1S/C14H15BrClNS/c1-10-14(18-9-17-10)7-4-12(8-16)11-2-5-13(15)6-3-11/h2-3,5-6,9,12H,4,7-8H2,1H3. The molecule has 0 aliphatic rings. The number of hydrogen-bond acceptors (Lipinski definition) is 2. The largest absolute Gasteiger partial charge is 0.250 e. The van der Waals surface area contributed by atoms with Crippen LogP contribution in [0.15, 0.2) is 34.2 Å². The molecule has 1 aromatic carbocycles. The molecule has 0 amide bonds. The zero-order valence-corrected chi connectivity index (χ0v) is 13.4. The fraction of sp³-hybridized carbons (Fsp3) is 0.357. The Morgan fingerprint density at radius 3 is 2.61 bits per heavy atom. The molecule has 0 bridgehead atoms. The van der Waals surface area contributed by atoms with E-state index in [1.807, 2.05) is 5.51 Å². The topological polar surface area (TPSA) is 12.9 Å². The second-order valence-corrected chi connectivity index (χ2v) is 6.47. The molecular formula is C14H15BrClNS. The maximum Gasteiger partial charge on any atom is 0.0797 e. The van der Waals surface area contributed by atoms with E-state index in [9.17, 15) is 0 Å². The number of nitrogens with zero attached hydrogens (tertiary/aromatic N) is 1. The van der Waals surface area contributed by atoms with Gasteiger partial charge in [0.1, 0.15) is 0 Å². The zero-order chi connectivity index (χ0) is 13.0. The van der Waals surface area contributed by atoms with Crippen LogP contribution in [0.1, 0.15) is 28.5 Å². The molecule has 4 heteroatoms. The van der Waals surface area contributed by atoms with E-state index in [1.165, 1.54) is 10.4 Å². The first-order valence-electron chi connectivity index (χ1n) is 5.91. The molecular weight excluding hydrogens is 330 g/mol. The van der Waals surface area contributed by atoms with E-state index in [0.717, 1.165) is 23.0 Å². The molecule has 0 aliphatic carbocycles. The van der Waals surface area contributed by atoms with Gasteiger partial charge in [-0.3, -0.25) is 0 Å². The maximum atomic E-state index is 6.10. The van der Waals surface area contributed by atoms with E-state index in [0.29, 0.717) is 11.8 Å². The second kappa shape index (κ2) is 6.69. The molecule has 0 spiro atoms. The van der Waals surface area contributed by atoms with Crippen LogP contribution in [0.25, 0.3) is 0 Å². The second-order valence-electron chi connectivity index (χ2n) is 4.30. The normalized spacial score (nSPS) is 12.6. The fourth-order valence-electron chi connectivity index (χ4n) is 1.94. The Balaban J connectivity index is 2.01. The van der Waals surface area contributed by atoms with Gasteiger partial charge >= 0.3 is 0 Å². The highest BCUT2D eigenvalue weighted by atomic mass is 79.9. The Labute approximate surface area is 125 Å². The van der Waals surface area contributed by atoms with Crippen molar-refractivity contribution in [1.82, 2.24) is 4.98 Å². The number of aromatic nitrogens is 1. The summed E-state index contributed by atoms with van der Waals surface area (Å²) in [6, 6.07) is 8.45. The Morgan fingerprint density at radius 1 is 1.33 bits per heavy atom. The van der Waals surface area contributed by atoms with Crippen molar-refractivity contribution in [3.63, 3.8) is 0 Å². The quantitative estimate of drug-likeness (QED) is 0.682. The van der Waals surface area contributed by atoms with Crippen molar-refractivity contribution in [3.8, 4) is 0 Å². The van der Waals surface area contributed by atoms with Crippen LogP contribution in [0.4, 0.5) is 0 Å². The average Bonchev–Trinajstić information content (AvgIpc) is 2.78.